The van der Waals surface area contributed by atoms with E-state index in [1.165, 1.54) is 11.1 Å². The van der Waals surface area contributed by atoms with E-state index in [1.54, 1.807) is 0 Å². The molecule has 3 aromatic rings. The van der Waals surface area contributed by atoms with Crippen LogP contribution < -0.4 is 10.6 Å². The van der Waals surface area contributed by atoms with Gasteiger partial charge in [0.05, 0.1) is 17.4 Å². The van der Waals surface area contributed by atoms with E-state index in [4.69, 9.17) is 0 Å². The maximum absolute atomic E-state index is 13.4. The summed E-state index contributed by atoms with van der Waals surface area (Å²) in [4.78, 5) is 13.4. The number of anilines is 2. The van der Waals surface area contributed by atoms with Crippen molar-refractivity contribution in [2.75, 3.05) is 10.6 Å². The maximum atomic E-state index is 13.4. The lowest BCUT2D eigenvalue weighted by Crippen LogP contribution is -2.26. The summed E-state index contributed by atoms with van der Waals surface area (Å²) in [6.07, 6.45) is 1.38. The van der Waals surface area contributed by atoms with E-state index in [1.807, 2.05) is 24.3 Å². The number of carbonyl (C=O) groups excluding carboxylic acids is 1. The predicted molar refractivity (Wildman–Crippen MR) is 118 cm³/mol. The molecule has 29 heavy (non-hydrogen) atoms. The van der Waals surface area contributed by atoms with E-state index in [0.717, 1.165) is 34.6 Å². The van der Waals surface area contributed by atoms with Crippen molar-refractivity contribution in [3.63, 3.8) is 0 Å². The summed E-state index contributed by atoms with van der Waals surface area (Å²) in [5, 5.41) is 7.27. The molecular formula is C26H24N2O. The van der Waals surface area contributed by atoms with Crippen LogP contribution in [-0.4, -0.2) is 5.78 Å². The number of aryl methyl sites for hydroxylation is 1. The highest BCUT2D eigenvalue weighted by Gasteiger charge is 2.35. The van der Waals surface area contributed by atoms with Crippen molar-refractivity contribution in [3.8, 4) is 0 Å². The molecule has 1 aliphatic carbocycles. The monoisotopic (exact) mass is 380 g/mol. The van der Waals surface area contributed by atoms with Gasteiger partial charge in [-0.2, -0.15) is 0 Å². The van der Waals surface area contributed by atoms with Crippen molar-refractivity contribution in [1.29, 1.82) is 0 Å². The average molecular weight is 380 g/mol. The molecule has 144 valence electrons. The number of fused-ring (bicyclic) bond motifs is 1. The van der Waals surface area contributed by atoms with Crippen LogP contribution in [0.5, 0.6) is 0 Å². The van der Waals surface area contributed by atoms with Crippen molar-refractivity contribution in [3.05, 3.63) is 107 Å². The molecule has 3 heteroatoms. The molecule has 1 heterocycles. The Labute approximate surface area is 171 Å². The zero-order chi connectivity index (χ0) is 19.8. The molecular weight excluding hydrogens is 356 g/mol. The molecule has 3 aromatic carbocycles. The summed E-state index contributed by atoms with van der Waals surface area (Å²) < 4.78 is 0. The van der Waals surface area contributed by atoms with Gasteiger partial charge in [0.1, 0.15) is 0 Å². The zero-order valence-electron chi connectivity index (χ0n) is 16.5. The van der Waals surface area contributed by atoms with Crippen LogP contribution in [0.15, 0.2) is 90.1 Å². The molecule has 2 N–H and O–H groups in total. The fourth-order valence-electron chi connectivity index (χ4n) is 4.52. The van der Waals surface area contributed by atoms with Crippen molar-refractivity contribution in [2.24, 2.45) is 0 Å². The molecule has 2 aliphatic rings. The molecule has 0 saturated heterocycles. The highest BCUT2D eigenvalue weighted by atomic mass is 16.1. The summed E-state index contributed by atoms with van der Waals surface area (Å²) in [6.45, 7) is 2.09. The van der Waals surface area contributed by atoms with Gasteiger partial charge >= 0.3 is 0 Å². The Hall–Kier alpha value is -3.33. The first-order valence-corrected chi connectivity index (χ1v) is 10.2. The molecule has 2 atom stereocenters. The Morgan fingerprint density at radius 2 is 1.48 bits per heavy atom. The lowest BCUT2D eigenvalue weighted by atomic mass is 9.78. The van der Waals surface area contributed by atoms with Crippen LogP contribution in [0.25, 0.3) is 0 Å². The van der Waals surface area contributed by atoms with Crippen molar-refractivity contribution >= 4 is 17.2 Å². The maximum Gasteiger partial charge on any atom is 0.163 e. The highest BCUT2D eigenvalue weighted by molar-refractivity contribution is 6.01. The summed E-state index contributed by atoms with van der Waals surface area (Å²) in [6, 6.07) is 26.9. The number of allylic oxidation sites excluding steroid dienone is 1. The number of benzene rings is 3. The fraction of sp³-hybridized carbons (Fsp3) is 0.192. The normalized spacial score (nSPS) is 20.8. The Balaban J connectivity index is 1.62. The molecule has 0 bridgehead atoms. The summed E-state index contributed by atoms with van der Waals surface area (Å²) in [5.74, 6) is 0.428. The second kappa shape index (κ2) is 7.25. The van der Waals surface area contributed by atoms with Gasteiger partial charge in [0.15, 0.2) is 5.78 Å². The third kappa shape index (κ3) is 3.33. The van der Waals surface area contributed by atoms with Gasteiger partial charge in [-0.25, -0.2) is 0 Å². The highest BCUT2D eigenvalue weighted by Crippen LogP contribution is 2.44. The lowest BCUT2D eigenvalue weighted by Gasteiger charge is -2.30. The van der Waals surface area contributed by atoms with Crippen molar-refractivity contribution in [2.45, 2.75) is 31.7 Å². The van der Waals surface area contributed by atoms with E-state index in [-0.39, 0.29) is 17.7 Å². The van der Waals surface area contributed by atoms with Gasteiger partial charge < -0.3 is 10.6 Å². The number of Topliss-reactive ketones (excluding diaryl/α,β-unsaturated/α-hetero) is 1. The molecule has 0 radical (unpaired) electrons. The smallest absolute Gasteiger partial charge is 0.163 e. The van der Waals surface area contributed by atoms with E-state index < -0.39 is 0 Å². The van der Waals surface area contributed by atoms with E-state index in [2.05, 4.69) is 72.2 Å². The fourth-order valence-corrected chi connectivity index (χ4v) is 4.52. The van der Waals surface area contributed by atoms with Crippen LogP contribution in [0.3, 0.4) is 0 Å². The summed E-state index contributed by atoms with van der Waals surface area (Å²) in [5.41, 5.74) is 7.52. The van der Waals surface area contributed by atoms with Gasteiger partial charge in [-0.15, -0.1) is 0 Å². The van der Waals surface area contributed by atoms with Gasteiger partial charge in [0.25, 0.3) is 0 Å². The van der Waals surface area contributed by atoms with Crippen LogP contribution in [0.1, 0.15) is 41.5 Å². The van der Waals surface area contributed by atoms with Gasteiger partial charge in [-0.3, -0.25) is 4.79 Å². The van der Waals surface area contributed by atoms with Crippen molar-refractivity contribution in [1.82, 2.24) is 0 Å². The quantitative estimate of drug-likeness (QED) is 0.575. The minimum atomic E-state index is -0.147. The number of nitrogens with one attached hydrogen (secondary N) is 2. The van der Waals surface area contributed by atoms with Crippen LogP contribution in [0.4, 0.5) is 11.4 Å². The standard InChI is InChI=1S/C26H24N2O/c1-17-12-13-21-22(14-17)28-26(19-10-6-3-7-11-19)25-23(27-21)15-20(16-24(25)29)18-8-4-2-5-9-18/h2-14,20,26-28H,15-16H2,1H3. The zero-order valence-corrected chi connectivity index (χ0v) is 16.5. The van der Waals surface area contributed by atoms with E-state index >= 15 is 0 Å². The van der Waals surface area contributed by atoms with Gasteiger partial charge in [-0.05, 0) is 48.1 Å². The van der Waals surface area contributed by atoms with Crippen LogP contribution in [0, 0.1) is 6.92 Å². The Morgan fingerprint density at radius 3 is 2.21 bits per heavy atom. The summed E-state index contributed by atoms with van der Waals surface area (Å²) in [7, 11) is 0. The summed E-state index contributed by atoms with van der Waals surface area (Å²) >= 11 is 0. The number of rotatable bonds is 2. The van der Waals surface area contributed by atoms with E-state index in [9.17, 15) is 4.79 Å². The molecule has 1 aliphatic heterocycles. The van der Waals surface area contributed by atoms with Crippen LogP contribution in [0.2, 0.25) is 0 Å². The molecule has 3 nitrogen and oxygen atoms in total. The first-order valence-electron chi connectivity index (χ1n) is 10.2. The molecule has 2 unspecified atom stereocenters. The number of hydrogen-bond acceptors (Lipinski definition) is 3. The van der Waals surface area contributed by atoms with Gasteiger partial charge in [0, 0.05) is 17.7 Å². The van der Waals surface area contributed by atoms with Crippen molar-refractivity contribution < 1.29 is 4.79 Å². The Bertz CT molecular complexity index is 1090. The Morgan fingerprint density at radius 1 is 0.793 bits per heavy atom. The number of hydrogen-bond donors (Lipinski definition) is 2. The minimum absolute atomic E-state index is 0.147. The molecule has 0 amide bonds. The van der Waals surface area contributed by atoms with Crippen LogP contribution >= 0.6 is 0 Å². The third-order valence-corrected chi connectivity index (χ3v) is 5.96. The van der Waals surface area contributed by atoms with Crippen LogP contribution in [-0.2, 0) is 4.79 Å². The first kappa shape index (κ1) is 17.7. The molecule has 0 spiro atoms. The Kier molecular flexibility index (Phi) is 4.44. The SMILES string of the molecule is Cc1ccc2c(c1)NC(c1ccccc1)C1=C(CC(c3ccccc3)CC1=O)N2. The minimum Gasteiger partial charge on any atom is -0.372 e. The van der Waals surface area contributed by atoms with Gasteiger partial charge in [-0.1, -0.05) is 66.7 Å². The average Bonchev–Trinajstić information content (AvgIpc) is 2.91. The molecule has 0 saturated carbocycles. The number of carbonyl (C=O) groups is 1. The molecule has 0 fully saturated rings. The second-order valence-corrected chi connectivity index (χ2v) is 7.99. The molecule has 5 rings (SSSR count). The topological polar surface area (TPSA) is 41.1 Å². The lowest BCUT2D eigenvalue weighted by molar-refractivity contribution is -0.116. The predicted octanol–water partition coefficient (Wildman–Crippen LogP) is 5.97. The first-order chi connectivity index (χ1) is 14.2. The third-order valence-electron chi connectivity index (χ3n) is 5.96. The second-order valence-electron chi connectivity index (χ2n) is 7.99. The number of ketones is 1. The molecule has 0 aromatic heterocycles. The van der Waals surface area contributed by atoms with Gasteiger partial charge in [0.2, 0.25) is 0 Å². The largest absolute Gasteiger partial charge is 0.372 e. The van der Waals surface area contributed by atoms with E-state index in [0.29, 0.717) is 6.42 Å².